The van der Waals surface area contributed by atoms with Crippen LogP contribution in [-0.4, -0.2) is 10.9 Å². The van der Waals surface area contributed by atoms with Crippen LogP contribution in [-0.2, 0) is 29.4 Å². The first-order chi connectivity index (χ1) is 11.8. The fourth-order valence-corrected chi connectivity index (χ4v) is 4.39. The van der Waals surface area contributed by atoms with Gasteiger partial charge < -0.3 is 0 Å². The van der Waals surface area contributed by atoms with Crippen molar-refractivity contribution in [3.8, 4) is 0 Å². The van der Waals surface area contributed by atoms with Gasteiger partial charge in [-0.2, -0.15) is 0 Å². The van der Waals surface area contributed by atoms with Gasteiger partial charge >= 0.3 is 0 Å². The highest BCUT2D eigenvalue weighted by Gasteiger charge is 2.24. The second-order valence-electron chi connectivity index (χ2n) is 7.44. The van der Waals surface area contributed by atoms with Crippen molar-refractivity contribution in [1.82, 2.24) is 4.72 Å². The lowest BCUT2D eigenvalue weighted by Gasteiger charge is -2.27. The SMILES string of the molecule is Cc1cc(C(C)(C)C)c(CCF)c(C)c1S(=O)NCc1ccccc1. The van der Waals surface area contributed by atoms with Gasteiger partial charge in [-0.3, -0.25) is 4.39 Å². The molecule has 0 saturated heterocycles. The normalized spacial score (nSPS) is 13.0. The Morgan fingerprint density at radius 2 is 1.76 bits per heavy atom. The topological polar surface area (TPSA) is 29.1 Å². The zero-order valence-corrected chi connectivity index (χ0v) is 16.6. The van der Waals surface area contributed by atoms with E-state index in [1.165, 1.54) is 0 Å². The molecule has 0 amide bonds. The molecule has 0 aliphatic carbocycles. The predicted octanol–water partition coefficient (Wildman–Crippen LogP) is 4.93. The van der Waals surface area contributed by atoms with E-state index in [2.05, 4.69) is 31.6 Å². The summed E-state index contributed by atoms with van der Waals surface area (Å²) in [6.45, 7) is 10.5. The molecule has 4 heteroatoms. The Balaban J connectivity index is 2.37. The largest absolute Gasteiger partial charge is 0.251 e. The van der Waals surface area contributed by atoms with Crippen molar-refractivity contribution in [2.24, 2.45) is 0 Å². The average Bonchev–Trinajstić information content (AvgIpc) is 2.55. The van der Waals surface area contributed by atoms with Crippen molar-refractivity contribution in [1.29, 1.82) is 0 Å². The molecule has 0 aromatic heterocycles. The molecule has 1 unspecified atom stereocenters. The van der Waals surface area contributed by atoms with Crippen molar-refractivity contribution >= 4 is 11.0 Å². The van der Waals surface area contributed by atoms with Crippen LogP contribution in [0.25, 0.3) is 0 Å². The van der Waals surface area contributed by atoms with Crippen LogP contribution in [0.1, 0.15) is 48.6 Å². The lowest BCUT2D eigenvalue weighted by Crippen LogP contribution is -2.22. The maximum Gasteiger partial charge on any atom is 0.125 e. The van der Waals surface area contributed by atoms with Crippen LogP contribution in [0.3, 0.4) is 0 Å². The van der Waals surface area contributed by atoms with Crippen molar-refractivity contribution < 1.29 is 8.60 Å². The summed E-state index contributed by atoms with van der Waals surface area (Å²) < 4.78 is 29.1. The maximum atomic E-state index is 13.1. The van der Waals surface area contributed by atoms with Gasteiger partial charge in [-0.25, -0.2) is 8.93 Å². The zero-order chi connectivity index (χ0) is 18.6. The van der Waals surface area contributed by atoms with Gasteiger partial charge in [0.25, 0.3) is 0 Å². The van der Waals surface area contributed by atoms with Crippen molar-refractivity contribution in [2.75, 3.05) is 6.67 Å². The summed E-state index contributed by atoms with van der Waals surface area (Å²) in [5.41, 5.74) is 5.08. The summed E-state index contributed by atoms with van der Waals surface area (Å²) in [5, 5.41) is 0. The van der Waals surface area contributed by atoms with E-state index < -0.39 is 17.7 Å². The molecule has 0 bridgehead atoms. The molecule has 0 fully saturated rings. The smallest absolute Gasteiger partial charge is 0.125 e. The third-order valence-corrected chi connectivity index (χ3v) is 5.83. The molecule has 2 aromatic carbocycles. The van der Waals surface area contributed by atoms with E-state index in [1.807, 2.05) is 44.2 Å². The highest BCUT2D eigenvalue weighted by molar-refractivity contribution is 7.83. The first-order valence-corrected chi connectivity index (χ1v) is 9.79. The van der Waals surface area contributed by atoms with Crippen LogP contribution < -0.4 is 4.72 Å². The molecule has 0 heterocycles. The van der Waals surface area contributed by atoms with Crippen LogP contribution in [0, 0.1) is 13.8 Å². The monoisotopic (exact) mass is 361 g/mol. The standard InChI is InChI=1S/C21H28FNOS/c1-15-13-19(21(3,4)5)18(11-12-22)16(2)20(15)25(24)23-14-17-9-7-6-8-10-17/h6-10,13,23H,11-12,14H2,1-5H3. The quantitative estimate of drug-likeness (QED) is 0.777. The van der Waals surface area contributed by atoms with Crippen molar-refractivity contribution in [3.05, 3.63) is 64.2 Å². The number of rotatable bonds is 6. The van der Waals surface area contributed by atoms with E-state index in [0.29, 0.717) is 13.0 Å². The van der Waals surface area contributed by atoms with Crippen LogP contribution in [0.4, 0.5) is 4.39 Å². The average molecular weight is 362 g/mol. The Labute approximate surface area is 153 Å². The predicted molar refractivity (Wildman–Crippen MR) is 104 cm³/mol. The van der Waals surface area contributed by atoms with Crippen LogP contribution in [0.15, 0.2) is 41.3 Å². The molecular formula is C21H28FNOS. The Kier molecular flexibility index (Phi) is 6.53. The number of benzene rings is 2. The molecule has 1 N–H and O–H groups in total. The zero-order valence-electron chi connectivity index (χ0n) is 15.8. The third-order valence-electron chi connectivity index (χ3n) is 4.43. The van der Waals surface area contributed by atoms with E-state index in [-0.39, 0.29) is 5.41 Å². The van der Waals surface area contributed by atoms with Crippen LogP contribution >= 0.6 is 0 Å². The number of alkyl halides is 1. The molecule has 2 rings (SSSR count). The Morgan fingerprint density at radius 1 is 1.12 bits per heavy atom. The minimum absolute atomic E-state index is 0.0719. The Bertz CT molecular complexity index is 751. The van der Waals surface area contributed by atoms with Gasteiger partial charge in [0.05, 0.1) is 11.6 Å². The van der Waals surface area contributed by atoms with Gasteiger partial charge in [0.2, 0.25) is 0 Å². The van der Waals surface area contributed by atoms with Crippen LogP contribution in [0.5, 0.6) is 0 Å². The minimum atomic E-state index is -1.33. The summed E-state index contributed by atoms with van der Waals surface area (Å²) in [4.78, 5) is 0.785. The number of hydrogen-bond donors (Lipinski definition) is 1. The van der Waals surface area contributed by atoms with Gasteiger partial charge in [-0.15, -0.1) is 0 Å². The van der Waals surface area contributed by atoms with E-state index in [4.69, 9.17) is 0 Å². The Hall–Kier alpha value is -1.52. The van der Waals surface area contributed by atoms with E-state index in [0.717, 1.165) is 32.7 Å². The minimum Gasteiger partial charge on any atom is -0.251 e. The molecule has 2 aromatic rings. The number of hydrogen-bond acceptors (Lipinski definition) is 1. The van der Waals surface area contributed by atoms with Gasteiger partial charge in [-0.05, 0) is 47.1 Å². The lowest BCUT2D eigenvalue weighted by molar-refractivity contribution is 0.487. The third kappa shape index (κ3) is 4.77. The number of nitrogens with one attached hydrogen (secondary N) is 1. The second-order valence-corrected chi connectivity index (χ2v) is 8.67. The molecule has 0 saturated carbocycles. The fourth-order valence-electron chi connectivity index (χ4n) is 3.19. The molecular weight excluding hydrogens is 333 g/mol. The first kappa shape index (κ1) is 19.8. The number of aryl methyl sites for hydroxylation is 1. The lowest BCUT2D eigenvalue weighted by atomic mass is 9.80. The molecule has 0 spiro atoms. The first-order valence-electron chi connectivity index (χ1n) is 8.64. The van der Waals surface area contributed by atoms with Gasteiger partial charge in [-0.1, -0.05) is 57.2 Å². The summed E-state index contributed by atoms with van der Waals surface area (Å²) in [7, 11) is -1.33. The second kappa shape index (κ2) is 8.24. The molecule has 0 aliphatic heterocycles. The highest BCUT2D eigenvalue weighted by atomic mass is 32.2. The van der Waals surface area contributed by atoms with E-state index >= 15 is 0 Å². The summed E-state index contributed by atoms with van der Waals surface area (Å²) >= 11 is 0. The molecule has 1 atom stereocenters. The molecule has 2 nitrogen and oxygen atoms in total. The highest BCUT2D eigenvalue weighted by Crippen LogP contribution is 2.33. The molecule has 0 radical (unpaired) electrons. The Morgan fingerprint density at radius 3 is 2.32 bits per heavy atom. The molecule has 25 heavy (non-hydrogen) atoms. The number of halogens is 1. The summed E-state index contributed by atoms with van der Waals surface area (Å²) in [6, 6.07) is 12.0. The van der Waals surface area contributed by atoms with Crippen molar-refractivity contribution in [3.63, 3.8) is 0 Å². The molecule has 136 valence electrons. The summed E-state index contributed by atoms with van der Waals surface area (Å²) in [5.74, 6) is 0. The van der Waals surface area contributed by atoms with Gasteiger partial charge in [0.1, 0.15) is 11.0 Å². The van der Waals surface area contributed by atoms with Gasteiger partial charge in [0, 0.05) is 13.0 Å². The van der Waals surface area contributed by atoms with E-state index in [1.54, 1.807) is 0 Å². The van der Waals surface area contributed by atoms with Crippen LogP contribution in [0.2, 0.25) is 0 Å². The van der Waals surface area contributed by atoms with E-state index in [9.17, 15) is 8.60 Å². The summed E-state index contributed by atoms with van der Waals surface area (Å²) in [6.07, 6.45) is 0.363. The molecule has 0 aliphatic rings. The van der Waals surface area contributed by atoms with Crippen molar-refractivity contribution in [2.45, 2.75) is 57.9 Å². The van der Waals surface area contributed by atoms with Gasteiger partial charge in [0.15, 0.2) is 0 Å². The maximum absolute atomic E-state index is 13.1. The fraction of sp³-hybridized carbons (Fsp3) is 0.429.